The van der Waals surface area contributed by atoms with Crippen LogP contribution >= 0.6 is 0 Å². The minimum Gasteiger partial charge on any atom is -0.505 e. The van der Waals surface area contributed by atoms with Crippen molar-refractivity contribution in [1.82, 2.24) is 0 Å². The summed E-state index contributed by atoms with van der Waals surface area (Å²) in [6, 6.07) is 1.39. The molecular formula is C17H18F3NO. The molecule has 2 rings (SSSR count). The number of hydrogen-bond donors (Lipinski definition) is 2. The molecule has 0 atom stereocenters. The lowest BCUT2D eigenvalue weighted by atomic mass is 9.91. The minimum absolute atomic E-state index is 0.0226. The number of anilines is 1. The first-order valence-electron chi connectivity index (χ1n) is 6.89. The molecule has 0 unspecified atom stereocenters. The number of aromatic hydroxyl groups is 1. The second-order valence-corrected chi connectivity index (χ2v) is 4.77. The number of hydrogen-bond acceptors (Lipinski definition) is 2. The molecule has 118 valence electrons. The van der Waals surface area contributed by atoms with Crippen LogP contribution < -0.4 is 5.73 Å². The topological polar surface area (TPSA) is 46.2 Å². The van der Waals surface area contributed by atoms with E-state index in [1.165, 1.54) is 6.07 Å². The molecule has 0 heterocycles. The number of halogens is 3. The van der Waals surface area contributed by atoms with E-state index in [2.05, 4.69) is 0 Å². The van der Waals surface area contributed by atoms with Gasteiger partial charge in [0.2, 0.25) is 0 Å². The van der Waals surface area contributed by atoms with E-state index in [9.17, 15) is 18.3 Å². The van der Waals surface area contributed by atoms with Crippen LogP contribution in [0.25, 0.3) is 10.8 Å². The average Bonchev–Trinajstić information content (AvgIpc) is 2.50. The zero-order chi connectivity index (χ0) is 17.2. The van der Waals surface area contributed by atoms with Crippen LogP contribution in [0.5, 0.6) is 5.75 Å². The zero-order valence-corrected chi connectivity index (χ0v) is 12.9. The third-order valence-electron chi connectivity index (χ3n) is 3.20. The second kappa shape index (κ2) is 6.61. The number of terminal acetylenes is 1. The van der Waals surface area contributed by atoms with Crippen LogP contribution in [0.2, 0.25) is 0 Å². The lowest BCUT2D eigenvalue weighted by Crippen LogP contribution is -2.03. The number of fused-ring (bicyclic) bond motifs is 1. The minimum atomic E-state index is -1.72. The first-order chi connectivity index (χ1) is 10.3. The van der Waals surface area contributed by atoms with Crippen molar-refractivity contribution in [3.8, 4) is 18.1 Å². The molecule has 2 nitrogen and oxygen atoms in total. The summed E-state index contributed by atoms with van der Waals surface area (Å²) in [7, 11) is 0. The van der Waals surface area contributed by atoms with E-state index in [0.717, 1.165) is 0 Å². The maximum Gasteiger partial charge on any atom is 0.196 e. The normalized spacial score (nSPS) is 10.3. The molecule has 0 aliphatic rings. The maximum atomic E-state index is 14.0. The van der Waals surface area contributed by atoms with Crippen molar-refractivity contribution in [2.75, 3.05) is 5.73 Å². The Balaban J connectivity index is 0.00000116. The standard InChI is InChI=1S/C15H12F3NO.C2H6/c1-4-7-10-8(6(2)3)5-9(19)15(20)11(10)13(17)14(18)12(7)16;1-2/h1,5-6,20H,19H2,2-3H3;1-2H3. The monoisotopic (exact) mass is 309 g/mol. The SMILES string of the molecule is C#Cc1c(F)c(F)c(F)c2c(O)c(N)cc(C(C)C)c12.CC. The van der Waals surface area contributed by atoms with Crippen molar-refractivity contribution in [1.29, 1.82) is 0 Å². The highest BCUT2D eigenvalue weighted by atomic mass is 19.2. The molecular weight excluding hydrogens is 291 g/mol. The van der Waals surface area contributed by atoms with Crippen LogP contribution in [0.4, 0.5) is 18.9 Å². The predicted octanol–water partition coefficient (Wildman–Crippen LogP) is 4.68. The highest BCUT2D eigenvalue weighted by molar-refractivity contribution is 5.99. The summed E-state index contributed by atoms with van der Waals surface area (Å²) >= 11 is 0. The summed E-state index contributed by atoms with van der Waals surface area (Å²) < 4.78 is 41.3. The summed E-state index contributed by atoms with van der Waals surface area (Å²) in [4.78, 5) is 0. The third kappa shape index (κ3) is 2.57. The Morgan fingerprint density at radius 1 is 1.09 bits per heavy atom. The summed E-state index contributed by atoms with van der Waals surface area (Å²) in [5.41, 5.74) is 5.50. The lowest BCUT2D eigenvalue weighted by molar-refractivity contribution is 0.445. The molecule has 22 heavy (non-hydrogen) atoms. The van der Waals surface area contributed by atoms with Crippen LogP contribution in [0.3, 0.4) is 0 Å². The zero-order valence-electron chi connectivity index (χ0n) is 12.9. The van der Waals surface area contributed by atoms with Crippen molar-refractivity contribution < 1.29 is 18.3 Å². The van der Waals surface area contributed by atoms with E-state index in [1.54, 1.807) is 13.8 Å². The van der Waals surface area contributed by atoms with Gasteiger partial charge in [0.05, 0.1) is 16.6 Å². The molecule has 0 bridgehead atoms. The highest BCUT2D eigenvalue weighted by Crippen LogP contribution is 2.41. The first-order valence-corrected chi connectivity index (χ1v) is 6.89. The summed E-state index contributed by atoms with van der Waals surface area (Å²) in [6.07, 6.45) is 5.20. The maximum absolute atomic E-state index is 14.0. The number of nitrogen functional groups attached to an aromatic ring is 1. The first kappa shape index (κ1) is 17.7. The number of phenolic OH excluding ortho intramolecular Hbond substituents is 1. The Kier molecular flexibility index (Phi) is 5.32. The Morgan fingerprint density at radius 3 is 2.09 bits per heavy atom. The Morgan fingerprint density at radius 2 is 1.64 bits per heavy atom. The van der Waals surface area contributed by atoms with Crippen LogP contribution in [0, 0.1) is 29.8 Å². The average molecular weight is 309 g/mol. The van der Waals surface area contributed by atoms with E-state index < -0.39 is 34.2 Å². The molecule has 3 N–H and O–H groups in total. The van der Waals surface area contributed by atoms with Gasteiger partial charge in [-0.05, 0) is 17.5 Å². The Labute approximate surface area is 127 Å². The summed E-state index contributed by atoms with van der Waals surface area (Å²) in [5.74, 6) is -3.46. The largest absolute Gasteiger partial charge is 0.505 e. The molecule has 0 aliphatic heterocycles. The predicted molar refractivity (Wildman–Crippen MR) is 83.3 cm³/mol. The second-order valence-electron chi connectivity index (χ2n) is 4.77. The highest BCUT2D eigenvalue weighted by Gasteiger charge is 2.25. The van der Waals surface area contributed by atoms with Gasteiger partial charge in [-0.3, -0.25) is 0 Å². The van der Waals surface area contributed by atoms with Gasteiger partial charge in [0.15, 0.2) is 17.5 Å². The molecule has 0 saturated heterocycles. The van der Waals surface area contributed by atoms with E-state index in [1.807, 2.05) is 19.8 Å². The van der Waals surface area contributed by atoms with Crippen molar-refractivity contribution in [2.24, 2.45) is 0 Å². The molecule has 2 aromatic carbocycles. The van der Waals surface area contributed by atoms with Crippen LogP contribution in [-0.2, 0) is 0 Å². The van der Waals surface area contributed by atoms with Crippen LogP contribution in [-0.4, -0.2) is 5.11 Å². The number of phenols is 1. The molecule has 5 heteroatoms. The third-order valence-corrected chi connectivity index (χ3v) is 3.20. The summed E-state index contributed by atoms with van der Waals surface area (Å²) in [6.45, 7) is 7.54. The van der Waals surface area contributed by atoms with Crippen molar-refractivity contribution >= 4 is 16.5 Å². The molecule has 0 aliphatic carbocycles. The fourth-order valence-corrected chi connectivity index (χ4v) is 2.21. The fourth-order valence-electron chi connectivity index (χ4n) is 2.21. The smallest absolute Gasteiger partial charge is 0.196 e. The Bertz CT molecular complexity index is 761. The van der Waals surface area contributed by atoms with Crippen LogP contribution in [0.1, 0.15) is 44.7 Å². The Hall–Kier alpha value is -2.35. The van der Waals surface area contributed by atoms with Crippen molar-refractivity contribution in [2.45, 2.75) is 33.6 Å². The molecule has 0 saturated carbocycles. The van der Waals surface area contributed by atoms with E-state index in [-0.39, 0.29) is 17.0 Å². The van der Waals surface area contributed by atoms with Gasteiger partial charge in [0.25, 0.3) is 0 Å². The fraction of sp³-hybridized carbons (Fsp3) is 0.294. The number of benzene rings is 2. The van der Waals surface area contributed by atoms with E-state index >= 15 is 0 Å². The molecule has 2 aromatic rings. The summed E-state index contributed by atoms with van der Waals surface area (Å²) in [5, 5.41) is 9.35. The molecule has 0 amide bonds. The quantitative estimate of drug-likeness (QED) is 0.348. The molecule has 0 aromatic heterocycles. The van der Waals surface area contributed by atoms with Gasteiger partial charge in [0.1, 0.15) is 5.75 Å². The van der Waals surface area contributed by atoms with Gasteiger partial charge < -0.3 is 10.8 Å². The van der Waals surface area contributed by atoms with Crippen LogP contribution in [0.15, 0.2) is 6.07 Å². The lowest BCUT2D eigenvalue weighted by Gasteiger charge is -2.16. The van der Waals surface area contributed by atoms with Gasteiger partial charge in [-0.1, -0.05) is 33.6 Å². The van der Waals surface area contributed by atoms with E-state index in [0.29, 0.717) is 5.56 Å². The van der Waals surface area contributed by atoms with Gasteiger partial charge in [-0.15, -0.1) is 6.42 Å². The van der Waals surface area contributed by atoms with Gasteiger partial charge in [-0.25, -0.2) is 13.2 Å². The van der Waals surface area contributed by atoms with Gasteiger partial charge in [0, 0.05) is 5.39 Å². The molecule has 0 fully saturated rings. The number of nitrogens with two attached hydrogens (primary N) is 1. The molecule has 0 radical (unpaired) electrons. The van der Waals surface area contributed by atoms with E-state index in [4.69, 9.17) is 12.2 Å². The van der Waals surface area contributed by atoms with Crippen molar-refractivity contribution in [3.05, 3.63) is 34.6 Å². The van der Waals surface area contributed by atoms with Gasteiger partial charge in [-0.2, -0.15) is 0 Å². The number of rotatable bonds is 1. The van der Waals surface area contributed by atoms with Crippen molar-refractivity contribution in [3.63, 3.8) is 0 Å². The van der Waals surface area contributed by atoms with Gasteiger partial charge >= 0.3 is 0 Å². The molecule has 0 spiro atoms.